The first-order valence-electron chi connectivity index (χ1n) is 18.4. The summed E-state index contributed by atoms with van der Waals surface area (Å²) in [4.78, 5) is 10.6. The lowest BCUT2D eigenvalue weighted by Crippen LogP contribution is -2.30. The van der Waals surface area contributed by atoms with Crippen molar-refractivity contribution in [2.45, 2.75) is 5.41 Å². The van der Waals surface area contributed by atoms with Gasteiger partial charge in [0.05, 0.1) is 27.7 Å². The van der Waals surface area contributed by atoms with E-state index >= 15 is 0 Å². The van der Waals surface area contributed by atoms with Gasteiger partial charge in [-0.25, -0.2) is 9.97 Å². The second-order valence-electron chi connectivity index (χ2n) is 13.8. The summed E-state index contributed by atoms with van der Waals surface area (Å²) in [5, 5.41) is 3.33. The van der Waals surface area contributed by atoms with Crippen LogP contribution in [-0.4, -0.2) is 14.5 Å². The molecule has 0 saturated carbocycles. The molecule has 254 valence electrons. The average Bonchev–Trinajstić information content (AvgIpc) is 3.59. The Morgan fingerprint density at radius 3 is 1.44 bits per heavy atom. The Labute approximate surface area is 314 Å². The molecule has 0 fully saturated rings. The number of aromatic nitrogens is 3. The Balaban J connectivity index is 1.21. The predicted molar refractivity (Wildman–Crippen MR) is 223 cm³/mol. The second-order valence-corrected chi connectivity index (χ2v) is 13.8. The van der Waals surface area contributed by atoms with Crippen LogP contribution in [0, 0.1) is 0 Å². The van der Waals surface area contributed by atoms with Gasteiger partial charge in [-0.1, -0.05) is 188 Å². The van der Waals surface area contributed by atoms with Gasteiger partial charge in [0.15, 0.2) is 0 Å². The molecule has 8 aromatic carbocycles. The quantitative estimate of drug-likeness (QED) is 0.156. The SMILES string of the molecule is c1ccc(-c2ccc(-c3nc(-n4c5ccccc5c5cc(C(c6ccccc6)(c6ccccc6)c6ccccc6)ccc54)nc4ccccc34)cc2)cc1. The van der Waals surface area contributed by atoms with Crippen LogP contribution >= 0.6 is 0 Å². The molecule has 2 heterocycles. The molecule has 10 rings (SSSR count). The summed E-state index contributed by atoms with van der Waals surface area (Å²) in [5.41, 5.74) is 11.6. The molecule has 0 atom stereocenters. The van der Waals surface area contributed by atoms with Gasteiger partial charge in [0, 0.05) is 21.7 Å². The molecule has 0 unspecified atom stereocenters. The van der Waals surface area contributed by atoms with Crippen LogP contribution in [0.4, 0.5) is 0 Å². The van der Waals surface area contributed by atoms with Gasteiger partial charge in [-0.15, -0.1) is 0 Å². The fraction of sp³-hybridized carbons (Fsp3) is 0.0196. The van der Waals surface area contributed by atoms with Crippen molar-refractivity contribution in [1.29, 1.82) is 0 Å². The number of rotatable bonds is 7. The fourth-order valence-corrected chi connectivity index (χ4v) is 8.32. The summed E-state index contributed by atoms with van der Waals surface area (Å²) in [5.74, 6) is 0.648. The van der Waals surface area contributed by atoms with Crippen molar-refractivity contribution in [3.05, 3.63) is 235 Å². The third kappa shape index (κ3) is 5.13. The summed E-state index contributed by atoms with van der Waals surface area (Å²) in [6.45, 7) is 0. The van der Waals surface area contributed by atoms with E-state index in [4.69, 9.17) is 9.97 Å². The lowest BCUT2D eigenvalue weighted by Gasteiger charge is -2.37. The van der Waals surface area contributed by atoms with E-state index in [1.54, 1.807) is 0 Å². The third-order valence-electron chi connectivity index (χ3n) is 10.8. The summed E-state index contributed by atoms with van der Waals surface area (Å²) >= 11 is 0. The number of fused-ring (bicyclic) bond motifs is 4. The van der Waals surface area contributed by atoms with Crippen LogP contribution in [0.25, 0.3) is 61.0 Å². The molecule has 10 aromatic rings. The van der Waals surface area contributed by atoms with Crippen molar-refractivity contribution in [2.24, 2.45) is 0 Å². The number of para-hydroxylation sites is 2. The highest BCUT2D eigenvalue weighted by Gasteiger charge is 2.38. The van der Waals surface area contributed by atoms with Gasteiger partial charge in [-0.3, -0.25) is 4.57 Å². The average molecular weight is 690 g/mol. The molecule has 0 N–H and O–H groups in total. The number of nitrogens with zero attached hydrogens (tertiary/aromatic N) is 3. The standard InChI is InChI=1S/C51H35N3/c1-5-17-36(18-6-1)37-29-31-38(32-30-37)49-44-26-13-15-27-46(44)52-50(53-49)54-47-28-16-14-25-43(47)45-35-42(33-34-48(45)54)51(39-19-7-2-8-20-39,40-21-9-3-10-22-40)41-23-11-4-12-24-41/h1-35H. The normalized spacial score (nSPS) is 11.7. The van der Waals surface area contributed by atoms with Gasteiger partial charge >= 0.3 is 0 Å². The van der Waals surface area contributed by atoms with Crippen LogP contribution in [0.15, 0.2) is 212 Å². The molecular formula is C51H35N3. The minimum absolute atomic E-state index is 0.556. The smallest absolute Gasteiger partial charge is 0.235 e. The first kappa shape index (κ1) is 31.6. The van der Waals surface area contributed by atoms with E-state index in [1.165, 1.54) is 33.4 Å². The molecular weight excluding hydrogens is 655 g/mol. The second kappa shape index (κ2) is 13.1. The number of hydrogen-bond acceptors (Lipinski definition) is 2. The van der Waals surface area contributed by atoms with Crippen LogP contribution in [0.2, 0.25) is 0 Å². The molecule has 0 bridgehead atoms. The molecule has 0 aliphatic heterocycles. The van der Waals surface area contributed by atoms with Gasteiger partial charge in [0.1, 0.15) is 0 Å². The summed E-state index contributed by atoms with van der Waals surface area (Å²) in [6.07, 6.45) is 0. The fourth-order valence-electron chi connectivity index (χ4n) is 8.32. The highest BCUT2D eigenvalue weighted by atomic mass is 15.2. The lowest BCUT2D eigenvalue weighted by atomic mass is 9.65. The molecule has 54 heavy (non-hydrogen) atoms. The molecule has 0 radical (unpaired) electrons. The van der Waals surface area contributed by atoms with Crippen molar-refractivity contribution in [3.63, 3.8) is 0 Å². The summed E-state index contributed by atoms with van der Waals surface area (Å²) < 4.78 is 2.23. The van der Waals surface area contributed by atoms with Crippen LogP contribution in [0.5, 0.6) is 0 Å². The van der Waals surface area contributed by atoms with Gasteiger partial charge in [0.2, 0.25) is 5.95 Å². The topological polar surface area (TPSA) is 30.7 Å². The van der Waals surface area contributed by atoms with E-state index < -0.39 is 5.41 Å². The van der Waals surface area contributed by atoms with Crippen molar-refractivity contribution >= 4 is 32.7 Å². The molecule has 0 amide bonds. The van der Waals surface area contributed by atoms with E-state index in [9.17, 15) is 0 Å². The van der Waals surface area contributed by atoms with Crippen LogP contribution in [-0.2, 0) is 5.41 Å². The molecule has 0 aliphatic carbocycles. The van der Waals surface area contributed by atoms with E-state index in [0.717, 1.165) is 44.0 Å². The highest BCUT2D eigenvalue weighted by Crippen LogP contribution is 2.47. The van der Waals surface area contributed by atoms with Crippen molar-refractivity contribution in [3.8, 4) is 28.3 Å². The maximum Gasteiger partial charge on any atom is 0.235 e. The van der Waals surface area contributed by atoms with Gasteiger partial charge < -0.3 is 0 Å². The third-order valence-corrected chi connectivity index (χ3v) is 10.8. The zero-order valence-electron chi connectivity index (χ0n) is 29.5. The van der Waals surface area contributed by atoms with Crippen molar-refractivity contribution in [2.75, 3.05) is 0 Å². The monoisotopic (exact) mass is 689 g/mol. The maximum absolute atomic E-state index is 5.38. The minimum Gasteiger partial charge on any atom is -0.278 e. The molecule has 2 aromatic heterocycles. The number of hydrogen-bond donors (Lipinski definition) is 0. The van der Waals surface area contributed by atoms with Crippen LogP contribution < -0.4 is 0 Å². The van der Waals surface area contributed by atoms with Crippen molar-refractivity contribution in [1.82, 2.24) is 14.5 Å². The predicted octanol–water partition coefficient (Wildman–Crippen LogP) is 12.4. The van der Waals surface area contributed by atoms with Gasteiger partial charge in [-0.05, 0) is 57.6 Å². The maximum atomic E-state index is 5.38. The van der Waals surface area contributed by atoms with E-state index in [-0.39, 0.29) is 0 Å². The Bertz CT molecular complexity index is 2800. The highest BCUT2D eigenvalue weighted by molar-refractivity contribution is 6.09. The Hall–Kier alpha value is -7.10. The van der Waals surface area contributed by atoms with Crippen LogP contribution in [0.3, 0.4) is 0 Å². The summed E-state index contributed by atoms with van der Waals surface area (Å²) in [6, 6.07) is 75.8. The first-order valence-corrected chi connectivity index (χ1v) is 18.4. The largest absolute Gasteiger partial charge is 0.278 e. The lowest BCUT2D eigenvalue weighted by molar-refractivity contribution is 0.746. The molecule has 0 saturated heterocycles. The van der Waals surface area contributed by atoms with E-state index in [0.29, 0.717) is 5.95 Å². The number of benzene rings is 8. The van der Waals surface area contributed by atoms with E-state index in [1.807, 2.05) is 6.07 Å². The van der Waals surface area contributed by atoms with E-state index in [2.05, 4.69) is 211 Å². The molecule has 0 aliphatic rings. The zero-order valence-corrected chi connectivity index (χ0v) is 29.5. The van der Waals surface area contributed by atoms with Gasteiger partial charge in [0.25, 0.3) is 0 Å². The Kier molecular flexibility index (Phi) is 7.70. The van der Waals surface area contributed by atoms with Gasteiger partial charge in [-0.2, -0.15) is 0 Å². The van der Waals surface area contributed by atoms with Crippen molar-refractivity contribution < 1.29 is 0 Å². The molecule has 3 heteroatoms. The Morgan fingerprint density at radius 2 is 0.815 bits per heavy atom. The minimum atomic E-state index is -0.556. The zero-order chi connectivity index (χ0) is 35.9. The molecule has 3 nitrogen and oxygen atoms in total. The molecule has 0 spiro atoms. The Morgan fingerprint density at radius 1 is 0.333 bits per heavy atom. The van der Waals surface area contributed by atoms with Crippen LogP contribution in [0.1, 0.15) is 22.3 Å². The summed E-state index contributed by atoms with van der Waals surface area (Å²) in [7, 11) is 0. The first-order chi connectivity index (χ1) is 26.8.